The fourth-order valence-corrected chi connectivity index (χ4v) is 2.79. The SMILES string of the molecule is O=C(Nc1ccc(-c2ccc(OC(F)(F)F)cc2)s1)c1cnoc1. The van der Waals surface area contributed by atoms with Gasteiger partial charge >= 0.3 is 6.36 Å². The van der Waals surface area contributed by atoms with Crippen molar-refractivity contribution in [3.05, 3.63) is 54.4 Å². The second-order valence-electron chi connectivity index (χ2n) is 4.60. The van der Waals surface area contributed by atoms with E-state index < -0.39 is 6.36 Å². The summed E-state index contributed by atoms with van der Waals surface area (Å²) in [4.78, 5) is 12.7. The predicted octanol–water partition coefficient (Wildman–Crippen LogP) is 4.55. The van der Waals surface area contributed by atoms with Gasteiger partial charge in [-0.3, -0.25) is 4.79 Å². The summed E-state index contributed by atoms with van der Waals surface area (Å²) in [6, 6.07) is 8.95. The Labute approximate surface area is 137 Å². The summed E-state index contributed by atoms with van der Waals surface area (Å²) >= 11 is 1.28. The molecule has 9 heteroatoms. The van der Waals surface area contributed by atoms with E-state index in [0.29, 0.717) is 16.1 Å². The number of nitrogens with zero attached hydrogens (tertiary/aromatic N) is 1. The molecule has 1 N–H and O–H groups in total. The minimum absolute atomic E-state index is 0.288. The number of rotatable bonds is 4. The van der Waals surface area contributed by atoms with Gasteiger partial charge in [0.2, 0.25) is 0 Å². The highest BCUT2D eigenvalue weighted by atomic mass is 32.1. The van der Waals surface area contributed by atoms with Gasteiger partial charge in [-0.05, 0) is 42.0 Å². The van der Waals surface area contributed by atoms with Crippen molar-refractivity contribution < 1.29 is 27.2 Å². The first-order valence-corrected chi connectivity index (χ1v) is 7.39. The molecule has 3 aromatic rings. The van der Waals surface area contributed by atoms with Crippen LogP contribution < -0.4 is 10.1 Å². The molecule has 1 aromatic carbocycles. The van der Waals surface area contributed by atoms with E-state index in [1.807, 2.05) is 0 Å². The molecular formula is C15H9F3N2O3S. The van der Waals surface area contributed by atoms with Crippen LogP contribution in [0.15, 0.2) is 53.4 Å². The Balaban J connectivity index is 1.70. The number of aromatic nitrogens is 1. The van der Waals surface area contributed by atoms with Gasteiger partial charge in [-0.15, -0.1) is 24.5 Å². The summed E-state index contributed by atoms with van der Waals surface area (Å²) in [5.74, 6) is -0.651. The molecule has 5 nitrogen and oxygen atoms in total. The average Bonchev–Trinajstić information content (AvgIpc) is 3.17. The third kappa shape index (κ3) is 3.93. The van der Waals surface area contributed by atoms with Crippen molar-refractivity contribution in [3.8, 4) is 16.2 Å². The van der Waals surface area contributed by atoms with Crippen LogP contribution >= 0.6 is 11.3 Å². The van der Waals surface area contributed by atoms with Gasteiger partial charge in [0, 0.05) is 4.88 Å². The van der Waals surface area contributed by atoms with Gasteiger partial charge in [-0.25, -0.2) is 0 Å². The van der Waals surface area contributed by atoms with E-state index in [-0.39, 0.29) is 11.7 Å². The molecule has 0 bridgehead atoms. The highest BCUT2D eigenvalue weighted by molar-refractivity contribution is 7.19. The first-order valence-electron chi connectivity index (χ1n) is 6.57. The van der Waals surface area contributed by atoms with Crippen LogP contribution in [0.2, 0.25) is 0 Å². The van der Waals surface area contributed by atoms with Crippen molar-refractivity contribution in [1.29, 1.82) is 0 Å². The van der Waals surface area contributed by atoms with Crippen LogP contribution in [-0.2, 0) is 0 Å². The Hall–Kier alpha value is -2.81. The van der Waals surface area contributed by atoms with Crippen molar-refractivity contribution in [1.82, 2.24) is 5.16 Å². The number of hydrogen-bond donors (Lipinski definition) is 1. The highest BCUT2D eigenvalue weighted by Gasteiger charge is 2.30. The Bertz CT molecular complexity index is 827. The minimum Gasteiger partial charge on any atom is -0.406 e. The first-order chi connectivity index (χ1) is 11.4. The Morgan fingerprint density at radius 3 is 2.54 bits per heavy atom. The number of anilines is 1. The van der Waals surface area contributed by atoms with Crippen LogP contribution in [0.1, 0.15) is 10.4 Å². The van der Waals surface area contributed by atoms with Crippen molar-refractivity contribution in [2.75, 3.05) is 5.32 Å². The number of ether oxygens (including phenoxy) is 1. The molecule has 0 radical (unpaired) electrons. The van der Waals surface area contributed by atoms with E-state index in [0.717, 1.165) is 4.88 Å². The van der Waals surface area contributed by atoms with Gasteiger partial charge in [0.1, 0.15) is 12.0 Å². The van der Waals surface area contributed by atoms with Crippen LogP contribution in [0.25, 0.3) is 10.4 Å². The fourth-order valence-electron chi connectivity index (χ4n) is 1.88. The first kappa shape index (κ1) is 16.1. The number of halogens is 3. The smallest absolute Gasteiger partial charge is 0.406 e. The molecule has 24 heavy (non-hydrogen) atoms. The van der Waals surface area contributed by atoms with Crippen LogP contribution in [-0.4, -0.2) is 17.4 Å². The Kier molecular flexibility index (Phi) is 4.26. The maximum absolute atomic E-state index is 12.1. The molecule has 2 aromatic heterocycles. The number of carbonyl (C=O) groups excluding carboxylic acids is 1. The van der Waals surface area contributed by atoms with Crippen LogP contribution in [0, 0.1) is 0 Å². The summed E-state index contributed by atoms with van der Waals surface area (Å²) in [7, 11) is 0. The monoisotopic (exact) mass is 354 g/mol. The van der Waals surface area contributed by atoms with Gasteiger partial charge in [-0.1, -0.05) is 5.16 Å². The van der Waals surface area contributed by atoms with Crippen molar-refractivity contribution in [3.63, 3.8) is 0 Å². The number of carbonyl (C=O) groups is 1. The molecule has 0 spiro atoms. The van der Waals surface area contributed by atoms with Gasteiger partial charge in [0.15, 0.2) is 0 Å². The van der Waals surface area contributed by atoms with Crippen molar-refractivity contribution in [2.45, 2.75) is 6.36 Å². The molecule has 0 unspecified atom stereocenters. The van der Waals surface area contributed by atoms with E-state index in [1.54, 1.807) is 12.1 Å². The number of benzene rings is 1. The fraction of sp³-hybridized carbons (Fsp3) is 0.0667. The summed E-state index contributed by atoms with van der Waals surface area (Å²) in [6.07, 6.45) is -2.20. The molecule has 0 aliphatic rings. The third-order valence-electron chi connectivity index (χ3n) is 2.91. The molecule has 124 valence electrons. The van der Waals surface area contributed by atoms with E-state index in [9.17, 15) is 18.0 Å². The number of thiophene rings is 1. The molecular weight excluding hydrogens is 345 g/mol. The zero-order valence-electron chi connectivity index (χ0n) is 11.8. The van der Waals surface area contributed by atoms with Crippen molar-refractivity contribution >= 4 is 22.2 Å². The van der Waals surface area contributed by atoms with Crippen LogP contribution in [0.5, 0.6) is 5.75 Å². The molecule has 1 amide bonds. The summed E-state index contributed by atoms with van der Waals surface area (Å²) in [5.41, 5.74) is 0.999. The third-order valence-corrected chi connectivity index (χ3v) is 3.96. The molecule has 0 fully saturated rings. The normalized spacial score (nSPS) is 11.3. The lowest BCUT2D eigenvalue weighted by Gasteiger charge is -2.08. The maximum Gasteiger partial charge on any atom is 0.573 e. The Morgan fingerprint density at radius 1 is 1.17 bits per heavy atom. The second-order valence-corrected chi connectivity index (χ2v) is 5.69. The molecule has 3 rings (SSSR count). The predicted molar refractivity (Wildman–Crippen MR) is 80.9 cm³/mol. The average molecular weight is 354 g/mol. The zero-order chi connectivity index (χ0) is 17.2. The second kappa shape index (κ2) is 6.36. The van der Waals surface area contributed by atoms with Gasteiger partial charge in [0.05, 0.1) is 16.8 Å². The quantitative estimate of drug-likeness (QED) is 0.746. The van der Waals surface area contributed by atoms with E-state index in [2.05, 4.69) is 19.7 Å². The zero-order valence-corrected chi connectivity index (χ0v) is 12.6. The van der Waals surface area contributed by atoms with Gasteiger partial charge in [-0.2, -0.15) is 0 Å². The topological polar surface area (TPSA) is 64.4 Å². The standard InChI is InChI=1S/C15H9F3N2O3S/c16-15(17,18)23-11-3-1-9(2-4-11)12-5-6-13(24-12)20-14(21)10-7-19-22-8-10/h1-8H,(H,20,21). The molecule has 0 atom stereocenters. The van der Waals surface area contributed by atoms with E-state index in [4.69, 9.17) is 0 Å². The number of hydrogen-bond acceptors (Lipinski definition) is 5. The molecule has 0 aliphatic carbocycles. The molecule has 0 saturated heterocycles. The minimum atomic E-state index is -4.72. The summed E-state index contributed by atoms with van der Waals surface area (Å²) in [6.45, 7) is 0. The Morgan fingerprint density at radius 2 is 1.92 bits per heavy atom. The maximum atomic E-state index is 12.1. The largest absolute Gasteiger partial charge is 0.573 e. The lowest BCUT2D eigenvalue weighted by Crippen LogP contribution is -2.16. The molecule has 2 heterocycles. The van der Waals surface area contributed by atoms with Gasteiger partial charge < -0.3 is 14.6 Å². The molecule has 0 saturated carbocycles. The lowest BCUT2D eigenvalue weighted by atomic mass is 10.2. The highest BCUT2D eigenvalue weighted by Crippen LogP contribution is 2.33. The number of nitrogens with one attached hydrogen (secondary N) is 1. The van der Waals surface area contributed by atoms with Crippen molar-refractivity contribution in [2.24, 2.45) is 0 Å². The number of alkyl halides is 3. The molecule has 0 aliphatic heterocycles. The van der Waals surface area contributed by atoms with Crippen LogP contribution in [0.4, 0.5) is 18.2 Å². The summed E-state index contributed by atoms with van der Waals surface area (Å²) in [5, 5.41) is 6.72. The van der Waals surface area contributed by atoms with E-state index in [1.165, 1.54) is 48.1 Å². The van der Waals surface area contributed by atoms with Crippen LogP contribution in [0.3, 0.4) is 0 Å². The van der Waals surface area contributed by atoms with E-state index >= 15 is 0 Å². The lowest BCUT2D eigenvalue weighted by molar-refractivity contribution is -0.274. The number of amides is 1. The summed E-state index contributed by atoms with van der Waals surface area (Å²) < 4.78 is 44.8. The van der Waals surface area contributed by atoms with Gasteiger partial charge in [0.25, 0.3) is 5.91 Å².